The van der Waals surface area contributed by atoms with E-state index in [-0.39, 0.29) is 36.2 Å². The van der Waals surface area contributed by atoms with Gasteiger partial charge < -0.3 is 14.8 Å². The van der Waals surface area contributed by atoms with Crippen molar-refractivity contribution in [2.45, 2.75) is 45.8 Å². The van der Waals surface area contributed by atoms with Gasteiger partial charge in [-0.1, -0.05) is 50.3 Å². The number of hydrogen-bond acceptors (Lipinski definition) is 5. The van der Waals surface area contributed by atoms with E-state index in [9.17, 15) is 14.4 Å². The maximum Gasteiger partial charge on any atom is 0.407 e. The second kappa shape index (κ2) is 9.35. The summed E-state index contributed by atoms with van der Waals surface area (Å²) in [5, 5.41) is 2.85. The molecule has 1 amide bonds. The first-order valence-electron chi connectivity index (χ1n) is 9.06. The summed E-state index contributed by atoms with van der Waals surface area (Å²) in [6.07, 6.45) is 3.83. The molecule has 1 aliphatic carbocycles. The van der Waals surface area contributed by atoms with Crippen LogP contribution in [0.15, 0.2) is 42.5 Å². The molecule has 1 fully saturated rings. The first-order chi connectivity index (χ1) is 12.8. The van der Waals surface area contributed by atoms with Crippen molar-refractivity contribution in [3.63, 3.8) is 0 Å². The first-order valence-corrected chi connectivity index (χ1v) is 9.06. The van der Waals surface area contributed by atoms with E-state index >= 15 is 0 Å². The normalized spacial score (nSPS) is 21.7. The molecule has 6 nitrogen and oxygen atoms in total. The molecule has 1 N–H and O–H groups in total. The van der Waals surface area contributed by atoms with Gasteiger partial charge in [0, 0.05) is 25.0 Å². The molecule has 0 aliphatic heterocycles. The fraction of sp³-hybridized carbons (Fsp3) is 0.476. The van der Waals surface area contributed by atoms with Crippen molar-refractivity contribution < 1.29 is 23.9 Å². The quantitative estimate of drug-likeness (QED) is 0.610. The van der Waals surface area contributed by atoms with Crippen LogP contribution in [0.25, 0.3) is 0 Å². The van der Waals surface area contributed by atoms with Crippen molar-refractivity contribution >= 4 is 17.8 Å². The molecule has 0 spiro atoms. The number of allylic oxidation sites excluding steroid dienone is 1. The zero-order valence-corrected chi connectivity index (χ0v) is 16.1. The van der Waals surface area contributed by atoms with Crippen molar-refractivity contribution in [2.24, 2.45) is 11.3 Å². The van der Waals surface area contributed by atoms with Crippen LogP contribution < -0.4 is 5.32 Å². The van der Waals surface area contributed by atoms with Crippen molar-refractivity contribution in [1.82, 2.24) is 5.32 Å². The maximum absolute atomic E-state index is 12.2. The van der Waals surface area contributed by atoms with Crippen molar-refractivity contribution in [2.75, 3.05) is 7.11 Å². The lowest BCUT2D eigenvalue weighted by Gasteiger charge is -2.44. The molecule has 27 heavy (non-hydrogen) atoms. The Morgan fingerprint density at radius 1 is 1.22 bits per heavy atom. The van der Waals surface area contributed by atoms with Gasteiger partial charge in [0.15, 0.2) is 0 Å². The summed E-state index contributed by atoms with van der Waals surface area (Å²) in [5.41, 5.74) is 0.581. The van der Waals surface area contributed by atoms with Gasteiger partial charge in [0.1, 0.15) is 12.4 Å². The summed E-state index contributed by atoms with van der Waals surface area (Å²) < 4.78 is 9.87. The Kier molecular flexibility index (Phi) is 7.16. The number of esters is 1. The smallest absolute Gasteiger partial charge is 0.407 e. The number of ether oxygens (including phenoxy) is 2. The molecule has 2 atom stereocenters. The SMILES string of the molecule is COC(=O)/C=C/C[C@@H]1CC(=O)C[C@@H](NC(=O)OCc2ccccc2)C1(C)C. The minimum absolute atomic E-state index is 0.0130. The van der Waals surface area contributed by atoms with E-state index in [0.29, 0.717) is 12.8 Å². The zero-order valence-electron chi connectivity index (χ0n) is 16.1. The summed E-state index contributed by atoms with van der Waals surface area (Å²) in [6.45, 7) is 4.23. The minimum Gasteiger partial charge on any atom is -0.466 e. The van der Waals surface area contributed by atoms with Crippen LogP contribution >= 0.6 is 0 Å². The van der Waals surface area contributed by atoms with Gasteiger partial charge in [-0.15, -0.1) is 0 Å². The topological polar surface area (TPSA) is 81.7 Å². The van der Waals surface area contributed by atoms with Crippen LogP contribution in [-0.4, -0.2) is 31.0 Å². The lowest BCUT2D eigenvalue weighted by atomic mass is 9.64. The van der Waals surface area contributed by atoms with E-state index in [1.54, 1.807) is 6.08 Å². The van der Waals surface area contributed by atoms with Crippen LogP contribution in [0.1, 0.15) is 38.7 Å². The number of alkyl carbamates (subject to hydrolysis) is 1. The Morgan fingerprint density at radius 2 is 1.93 bits per heavy atom. The Balaban J connectivity index is 1.95. The van der Waals surface area contributed by atoms with Gasteiger partial charge in [-0.2, -0.15) is 0 Å². The van der Waals surface area contributed by atoms with Gasteiger partial charge in [-0.3, -0.25) is 4.79 Å². The number of Topliss-reactive ketones (excluding diaryl/α,β-unsaturated/α-hetero) is 1. The number of hydrogen-bond donors (Lipinski definition) is 1. The van der Waals surface area contributed by atoms with E-state index in [4.69, 9.17) is 4.74 Å². The number of carbonyl (C=O) groups is 3. The van der Waals surface area contributed by atoms with Gasteiger partial charge in [0.2, 0.25) is 0 Å². The average molecular weight is 373 g/mol. The molecule has 2 rings (SSSR count). The van der Waals surface area contributed by atoms with E-state index in [1.807, 2.05) is 44.2 Å². The lowest BCUT2D eigenvalue weighted by molar-refractivity contribution is -0.134. The molecule has 0 unspecified atom stereocenters. The highest BCUT2D eigenvalue weighted by Gasteiger charge is 2.43. The van der Waals surface area contributed by atoms with E-state index < -0.39 is 12.1 Å². The largest absolute Gasteiger partial charge is 0.466 e. The van der Waals surface area contributed by atoms with Crippen LogP contribution in [0.5, 0.6) is 0 Å². The second-order valence-corrected chi connectivity index (χ2v) is 7.39. The van der Waals surface area contributed by atoms with Crippen LogP contribution in [0, 0.1) is 11.3 Å². The molecule has 0 bridgehead atoms. The fourth-order valence-electron chi connectivity index (χ4n) is 3.32. The third-order valence-electron chi connectivity index (χ3n) is 5.24. The van der Waals surface area contributed by atoms with Crippen LogP contribution in [0.4, 0.5) is 4.79 Å². The van der Waals surface area contributed by atoms with Gasteiger partial charge in [0.05, 0.1) is 7.11 Å². The number of benzene rings is 1. The molecular formula is C21H27NO5. The molecule has 146 valence electrons. The molecule has 1 aromatic carbocycles. The van der Waals surface area contributed by atoms with Crippen LogP contribution in [0.2, 0.25) is 0 Å². The van der Waals surface area contributed by atoms with Crippen molar-refractivity contribution in [3.8, 4) is 0 Å². The van der Waals surface area contributed by atoms with Gasteiger partial charge in [-0.05, 0) is 23.3 Å². The maximum atomic E-state index is 12.2. The molecule has 0 aromatic heterocycles. The summed E-state index contributed by atoms with van der Waals surface area (Å²) in [5.74, 6) is -0.313. The number of nitrogens with one attached hydrogen (secondary N) is 1. The predicted molar refractivity (Wildman–Crippen MR) is 101 cm³/mol. The molecule has 1 aromatic rings. The lowest BCUT2D eigenvalue weighted by Crippen LogP contribution is -2.53. The van der Waals surface area contributed by atoms with Gasteiger partial charge in [-0.25, -0.2) is 9.59 Å². The Morgan fingerprint density at radius 3 is 2.59 bits per heavy atom. The van der Waals surface area contributed by atoms with Gasteiger partial charge in [0.25, 0.3) is 0 Å². The third-order valence-corrected chi connectivity index (χ3v) is 5.24. The van der Waals surface area contributed by atoms with E-state index in [0.717, 1.165) is 5.56 Å². The van der Waals surface area contributed by atoms with E-state index in [1.165, 1.54) is 13.2 Å². The van der Waals surface area contributed by atoms with Gasteiger partial charge >= 0.3 is 12.1 Å². The Hall–Kier alpha value is -2.63. The molecular weight excluding hydrogens is 346 g/mol. The summed E-state index contributed by atoms with van der Waals surface area (Å²) in [4.78, 5) is 35.6. The summed E-state index contributed by atoms with van der Waals surface area (Å²) in [6, 6.07) is 9.10. The minimum atomic E-state index is -0.532. The van der Waals surface area contributed by atoms with Crippen molar-refractivity contribution in [3.05, 3.63) is 48.0 Å². The monoisotopic (exact) mass is 373 g/mol. The fourth-order valence-corrected chi connectivity index (χ4v) is 3.32. The number of methoxy groups -OCH3 is 1. The standard InChI is InChI=1S/C21H27NO5/c1-21(2)16(10-7-11-19(24)26-3)12-17(23)13-18(21)22-20(25)27-14-15-8-5-4-6-9-15/h4-9,11,16,18H,10,12-14H2,1-3H3,(H,22,25)/b11-7+/t16-,18-/m1/s1. The predicted octanol–water partition coefficient (Wildman–Crippen LogP) is 3.41. The molecule has 6 heteroatoms. The Labute approximate surface area is 159 Å². The molecule has 0 heterocycles. The highest BCUT2D eigenvalue weighted by atomic mass is 16.5. The molecule has 0 radical (unpaired) electrons. The highest BCUT2D eigenvalue weighted by molar-refractivity contribution is 5.82. The first kappa shape index (κ1) is 20.7. The number of amides is 1. The molecule has 1 aliphatic rings. The number of ketones is 1. The number of rotatable bonds is 6. The Bertz CT molecular complexity index is 696. The average Bonchev–Trinajstić information content (AvgIpc) is 2.64. The summed E-state index contributed by atoms with van der Waals surface area (Å²) in [7, 11) is 1.32. The highest BCUT2D eigenvalue weighted by Crippen LogP contribution is 2.41. The number of carbonyl (C=O) groups excluding carboxylic acids is 3. The van der Waals surface area contributed by atoms with Crippen LogP contribution in [0.3, 0.4) is 0 Å². The third kappa shape index (κ3) is 5.94. The second-order valence-electron chi connectivity index (χ2n) is 7.39. The van der Waals surface area contributed by atoms with Crippen LogP contribution in [-0.2, 0) is 25.7 Å². The van der Waals surface area contributed by atoms with Crippen molar-refractivity contribution in [1.29, 1.82) is 0 Å². The van der Waals surface area contributed by atoms with E-state index in [2.05, 4.69) is 10.1 Å². The molecule has 1 saturated carbocycles. The summed E-state index contributed by atoms with van der Waals surface area (Å²) >= 11 is 0. The molecule has 0 saturated heterocycles. The zero-order chi connectivity index (χ0) is 19.9.